The molecule has 200 valence electrons. The molecule has 2 amide bonds. The number of rotatable bonds is 6. The van der Waals surface area contributed by atoms with E-state index < -0.39 is 11.7 Å². The molecule has 1 aliphatic heterocycles. The molecule has 1 fully saturated rings. The van der Waals surface area contributed by atoms with Crippen LogP contribution in [-0.2, 0) is 4.79 Å². The zero-order valence-corrected chi connectivity index (χ0v) is 22.6. The van der Waals surface area contributed by atoms with E-state index in [1.165, 1.54) is 0 Å². The maximum absolute atomic E-state index is 13.4. The molecule has 0 spiro atoms. The average molecular weight is 517 g/mol. The molecule has 0 saturated carbocycles. The van der Waals surface area contributed by atoms with E-state index in [4.69, 9.17) is 0 Å². The van der Waals surface area contributed by atoms with Crippen LogP contribution in [0, 0.1) is 0 Å². The van der Waals surface area contributed by atoms with Gasteiger partial charge in [-0.3, -0.25) is 19.4 Å². The van der Waals surface area contributed by atoms with Gasteiger partial charge < -0.3 is 25.4 Å². The van der Waals surface area contributed by atoms with Crippen LogP contribution in [0.2, 0.25) is 0 Å². The minimum atomic E-state index is -0.570. The number of aliphatic imine (C=N–C) groups is 1. The topological polar surface area (TPSA) is 110 Å². The molecular weight excluding hydrogens is 480 g/mol. The Bertz CT molecular complexity index is 1340. The summed E-state index contributed by atoms with van der Waals surface area (Å²) in [5.74, 6) is -0.566. The van der Waals surface area contributed by atoms with Crippen LogP contribution >= 0.6 is 0 Å². The van der Waals surface area contributed by atoms with Crippen molar-refractivity contribution in [1.82, 2.24) is 20.1 Å². The summed E-state index contributed by atoms with van der Waals surface area (Å²) in [4.78, 5) is 50.6. The fourth-order valence-electron chi connectivity index (χ4n) is 4.66. The number of amides is 2. The lowest BCUT2D eigenvalue weighted by Crippen LogP contribution is -2.56. The molecule has 9 nitrogen and oxygen atoms in total. The summed E-state index contributed by atoms with van der Waals surface area (Å²) < 4.78 is 0. The molecule has 0 aliphatic carbocycles. The van der Waals surface area contributed by atoms with Gasteiger partial charge in [0, 0.05) is 54.9 Å². The SMILES string of the molecule is CC(C)N=C(Nc1cccc2c(C(=O)C(=O)N3CCN(C(=O)c4ccccc4)CC3C)c[nH]c12)NC(C)C. The lowest BCUT2D eigenvalue weighted by atomic mass is 10.1. The molecule has 1 saturated heterocycles. The lowest BCUT2D eigenvalue weighted by molar-refractivity contribution is -0.130. The van der Waals surface area contributed by atoms with Crippen LogP contribution in [0.25, 0.3) is 10.9 Å². The van der Waals surface area contributed by atoms with Gasteiger partial charge in [0.25, 0.3) is 17.6 Å². The summed E-state index contributed by atoms with van der Waals surface area (Å²) in [5.41, 5.74) is 2.41. The van der Waals surface area contributed by atoms with E-state index in [9.17, 15) is 14.4 Å². The van der Waals surface area contributed by atoms with Gasteiger partial charge in [0.15, 0.2) is 5.96 Å². The molecule has 1 unspecified atom stereocenters. The quantitative estimate of drug-likeness (QED) is 0.199. The normalized spacial score (nSPS) is 16.3. The predicted molar refractivity (Wildman–Crippen MR) is 151 cm³/mol. The molecule has 3 aromatic rings. The largest absolute Gasteiger partial charge is 0.359 e. The number of nitrogens with zero attached hydrogens (tertiary/aromatic N) is 3. The second kappa shape index (κ2) is 11.5. The van der Waals surface area contributed by atoms with Crippen molar-refractivity contribution in [2.45, 2.75) is 52.7 Å². The van der Waals surface area contributed by atoms with Crippen LogP contribution in [0.3, 0.4) is 0 Å². The molecule has 3 N–H and O–H groups in total. The molecule has 2 aromatic carbocycles. The van der Waals surface area contributed by atoms with Crippen molar-refractivity contribution in [3.8, 4) is 0 Å². The summed E-state index contributed by atoms with van der Waals surface area (Å²) in [6.45, 7) is 11.0. The molecule has 9 heteroatoms. The highest BCUT2D eigenvalue weighted by Gasteiger charge is 2.34. The number of piperazine rings is 1. The van der Waals surface area contributed by atoms with E-state index in [2.05, 4.69) is 20.6 Å². The monoisotopic (exact) mass is 516 g/mol. The molecular formula is C29H36N6O3. The number of benzene rings is 2. The van der Waals surface area contributed by atoms with Crippen molar-refractivity contribution in [2.75, 3.05) is 25.0 Å². The molecule has 1 aromatic heterocycles. The Hall–Kier alpha value is -4.14. The van der Waals surface area contributed by atoms with Crippen LogP contribution in [0.15, 0.2) is 59.7 Å². The van der Waals surface area contributed by atoms with Crippen molar-refractivity contribution >= 4 is 40.1 Å². The smallest absolute Gasteiger partial charge is 0.295 e. The number of anilines is 1. The number of Topliss-reactive ketones (excluding diaryl/α,β-unsaturated/α-hetero) is 1. The van der Waals surface area contributed by atoms with Crippen LogP contribution in [0.4, 0.5) is 5.69 Å². The first-order valence-electron chi connectivity index (χ1n) is 13.1. The third kappa shape index (κ3) is 5.88. The second-order valence-electron chi connectivity index (χ2n) is 10.2. The van der Waals surface area contributed by atoms with Crippen molar-refractivity contribution in [3.05, 3.63) is 65.9 Å². The lowest BCUT2D eigenvalue weighted by Gasteiger charge is -2.39. The molecule has 38 heavy (non-hydrogen) atoms. The highest BCUT2D eigenvalue weighted by atomic mass is 16.2. The van der Waals surface area contributed by atoms with Gasteiger partial charge in [0.2, 0.25) is 0 Å². The van der Waals surface area contributed by atoms with Gasteiger partial charge in [-0.05, 0) is 52.8 Å². The number of carbonyl (C=O) groups excluding carboxylic acids is 3. The average Bonchev–Trinajstić information content (AvgIpc) is 3.32. The van der Waals surface area contributed by atoms with E-state index in [1.54, 1.807) is 28.1 Å². The number of hydrogen-bond donors (Lipinski definition) is 3. The van der Waals surface area contributed by atoms with Crippen molar-refractivity contribution in [1.29, 1.82) is 0 Å². The van der Waals surface area contributed by atoms with E-state index in [0.717, 1.165) is 11.2 Å². The molecule has 4 rings (SSSR count). The predicted octanol–water partition coefficient (Wildman–Crippen LogP) is 3.90. The van der Waals surface area contributed by atoms with Gasteiger partial charge in [0.05, 0.1) is 16.8 Å². The Kier molecular flexibility index (Phi) is 8.14. The van der Waals surface area contributed by atoms with Gasteiger partial charge >= 0.3 is 0 Å². The van der Waals surface area contributed by atoms with Gasteiger partial charge in [-0.15, -0.1) is 0 Å². The summed E-state index contributed by atoms with van der Waals surface area (Å²) in [7, 11) is 0. The Morgan fingerprint density at radius 2 is 1.74 bits per heavy atom. The Morgan fingerprint density at radius 3 is 2.39 bits per heavy atom. The highest BCUT2D eigenvalue weighted by molar-refractivity contribution is 6.45. The van der Waals surface area contributed by atoms with E-state index >= 15 is 0 Å². The number of H-pyrrole nitrogens is 1. The fourth-order valence-corrected chi connectivity index (χ4v) is 4.66. The number of fused-ring (bicyclic) bond motifs is 1. The van der Waals surface area contributed by atoms with Crippen LogP contribution < -0.4 is 10.6 Å². The summed E-state index contributed by atoms with van der Waals surface area (Å²) in [5, 5.41) is 7.30. The van der Waals surface area contributed by atoms with Gasteiger partial charge in [-0.1, -0.05) is 30.3 Å². The zero-order valence-electron chi connectivity index (χ0n) is 22.6. The number of ketones is 1. The van der Waals surface area contributed by atoms with E-state index in [-0.39, 0.29) is 24.0 Å². The fraction of sp³-hybridized carbons (Fsp3) is 0.379. The minimum absolute atomic E-state index is 0.0696. The molecule has 2 heterocycles. The Balaban J connectivity index is 1.50. The summed E-state index contributed by atoms with van der Waals surface area (Å²) >= 11 is 0. The minimum Gasteiger partial charge on any atom is -0.359 e. The van der Waals surface area contributed by atoms with Crippen molar-refractivity contribution < 1.29 is 14.4 Å². The Labute approximate surface area is 223 Å². The number of nitrogens with one attached hydrogen (secondary N) is 3. The van der Waals surface area contributed by atoms with Crippen LogP contribution in [-0.4, -0.2) is 76.1 Å². The number of carbonyl (C=O) groups is 3. The van der Waals surface area contributed by atoms with Gasteiger partial charge in [-0.2, -0.15) is 0 Å². The first kappa shape index (κ1) is 26.9. The van der Waals surface area contributed by atoms with Crippen molar-refractivity contribution in [3.63, 3.8) is 0 Å². The van der Waals surface area contributed by atoms with Crippen LogP contribution in [0.5, 0.6) is 0 Å². The maximum Gasteiger partial charge on any atom is 0.295 e. The number of hydrogen-bond acceptors (Lipinski definition) is 4. The maximum atomic E-state index is 13.4. The summed E-state index contributed by atoms with van der Waals surface area (Å²) in [6.07, 6.45) is 1.59. The Morgan fingerprint density at radius 1 is 1.00 bits per heavy atom. The standard InChI is InChI=1S/C29H36N6O3/c1-18(2)31-29(32-19(3)4)33-24-13-9-12-22-23(16-30-25(22)24)26(36)28(38)35-15-14-34(17-20(35)5)27(37)21-10-7-6-8-11-21/h6-13,16,18-20,30H,14-15,17H2,1-5H3,(H2,31,32,33). The van der Waals surface area contributed by atoms with Crippen LogP contribution in [0.1, 0.15) is 55.3 Å². The zero-order chi connectivity index (χ0) is 27.4. The molecule has 0 bridgehead atoms. The first-order valence-corrected chi connectivity index (χ1v) is 13.1. The molecule has 1 aliphatic rings. The number of aromatic nitrogens is 1. The number of aromatic amines is 1. The summed E-state index contributed by atoms with van der Waals surface area (Å²) in [6, 6.07) is 14.7. The highest BCUT2D eigenvalue weighted by Crippen LogP contribution is 2.27. The number of guanidine groups is 1. The van der Waals surface area contributed by atoms with Gasteiger partial charge in [-0.25, -0.2) is 0 Å². The van der Waals surface area contributed by atoms with E-state index in [1.807, 2.05) is 71.0 Å². The van der Waals surface area contributed by atoms with Crippen molar-refractivity contribution in [2.24, 2.45) is 4.99 Å². The third-order valence-electron chi connectivity index (χ3n) is 6.42. The van der Waals surface area contributed by atoms with Gasteiger partial charge in [0.1, 0.15) is 0 Å². The number of para-hydroxylation sites is 1. The van der Waals surface area contributed by atoms with E-state index in [0.29, 0.717) is 42.1 Å². The molecule has 0 radical (unpaired) electrons. The first-order chi connectivity index (χ1) is 18.2. The molecule has 1 atom stereocenters. The third-order valence-corrected chi connectivity index (χ3v) is 6.42. The second-order valence-corrected chi connectivity index (χ2v) is 10.2.